The summed E-state index contributed by atoms with van der Waals surface area (Å²) in [6.07, 6.45) is 0.0993. The zero-order valence-electron chi connectivity index (χ0n) is 11.8. The van der Waals surface area contributed by atoms with Crippen LogP contribution in [0.2, 0.25) is 0 Å². The van der Waals surface area contributed by atoms with Crippen LogP contribution in [0.4, 0.5) is 0 Å². The summed E-state index contributed by atoms with van der Waals surface area (Å²) in [4.78, 5) is 0. The van der Waals surface area contributed by atoms with Gasteiger partial charge in [0.25, 0.3) is 0 Å². The molecule has 0 spiro atoms. The number of benzene rings is 1. The van der Waals surface area contributed by atoms with E-state index in [1.165, 1.54) is 5.56 Å². The van der Waals surface area contributed by atoms with Gasteiger partial charge >= 0.3 is 7.60 Å². The summed E-state index contributed by atoms with van der Waals surface area (Å²) >= 11 is 0. The molecule has 0 bridgehead atoms. The Hall–Kier alpha value is -0.670. The van der Waals surface area contributed by atoms with Gasteiger partial charge in [-0.2, -0.15) is 0 Å². The van der Waals surface area contributed by atoms with Crippen LogP contribution in [-0.2, 0) is 20.0 Å². The minimum Gasteiger partial charge on any atom is -0.388 e. The zero-order chi connectivity index (χ0) is 14.3. The molecule has 0 aromatic heterocycles. The third kappa shape index (κ3) is 5.07. The minimum atomic E-state index is -3.21. The standard InChI is InChI=1S/C14H23O4P/c1-4-12-7-9-13(10-8-12)14(15)11-19(16,17-5-2)18-6-3/h7-10,14-15H,4-6,11H2,1-3H3/t14-/m1/s1. The molecular formula is C14H23O4P. The number of aliphatic hydroxyl groups is 1. The molecule has 4 nitrogen and oxygen atoms in total. The second-order valence-corrected chi connectivity index (χ2v) is 6.34. The van der Waals surface area contributed by atoms with Gasteiger partial charge in [-0.05, 0) is 31.4 Å². The Kier molecular flexibility index (Phi) is 6.73. The van der Waals surface area contributed by atoms with Gasteiger partial charge in [-0.3, -0.25) is 4.57 Å². The van der Waals surface area contributed by atoms with Crippen LogP contribution < -0.4 is 0 Å². The van der Waals surface area contributed by atoms with Crippen molar-refractivity contribution in [1.29, 1.82) is 0 Å². The monoisotopic (exact) mass is 286 g/mol. The highest BCUT2D eigenvalue weighted by Crippen LogP contribution is 2.50. The average molecular weight is 286 g/mol. The molecule has 1 atom stereocenters. The van der Waals surface area contributed by atoms with Crippen LogP contribution >= 0.6 is 7.60 Å². The van der Waals surface area contributed by atoms with Gasteiger partial charge in [-0.25, -0.2) is 0 Å². The Morgan fingerprint density at radius 3 is 2.05 bits per heavy atom. The van der Waals surface area contributed by atoms with E-state index in [4.69, 9.17) is 9.05 Å². The van der Waals surface area contributed by atoms with Crippen LogP contribution in [0, 0.1) is 0 Å². The predicted octanol–water partition coefficient (Wildman–Crippen LogP) is 3.55. The normalized spacial score (nSPS) is 13.5. The Labute approximate surface area is 115 Å². The third-order valence-corrected chi connectivity index (χ3v) is 4.92. The molecule has 0 aliphatic heterocycles. The van der Waals surface area contributed by atoms with Crippen molar-refractivity contribution in [2.45, 2.75) is 33.3 Å². The fourth-order valence-corrected chi connectivity index (χ4v) is 3.54. The first kappa shape index (κ1) is 16.4. The largest absolute Gasteiger partial charge is 0.388 e. The van der Waals surface area contributed by atoms with E-state index in [9.17, 15) is 9.67 Å². The fraction of sp³-hybridized carbons (Fsp3) is 0.571. The first-order chi connectivity index (χ1) is 9.04. The molecule has 0 aliphatic rings. The zero-order valence-corrected chi connectivity index (χ0v) is 12.7. The lowest BCUT2D eigenvalue weighted by Crippen LogP contribution is -2.08. The van der Waals surface area contributed by atoms with Gasteiger partial charge in [0.15, 0.2) is 0 Å². The number of rotatable bonds is 8. The topological polar surface area (TPSA) is 55.8 Å². The molecular weight excluding hydrogens is 263 g/mol. The van der Waals surface area contributed by atoms with Crippen molar-refractivity contribution in [2.75, 3.05) is 19.4 Å². The predicted molar refractivity (Wildman–Crippen MR) is 76.5 cm³/mol. The molecule has 0 unspecified atom stereocenters. The van der Waals surface area contributed by atoms with E-state index in [2.05, 4.69) is 6.92 Å². The fourth-order valence-electron chi connectivity index (χ4n) is 1.83. The van der Waals surface area contributed by atoms with E-state index >= 15 is 0 Å². The summed E-state index contributed by atoms with van der Waals surface area (Å²) in [5.41, 5.74) is 1.94. The van der Waals surface area contributed by atoms with Crippen molar-refractivity contribution in [1.82, 2.24) is 0 Å². The molecule has 1 N–H and O–H groups in total. The van der Waals surface area contributed by atoms with Crippen molar-refractivity contribution in [3.63, 3.8) is 0 Å². The first-order valence-corrected chi connectivity index (χ1v) is 8.42. The SMILES string of the molecule is CCOP(=O)(C[C@@H](O)c1ccc(CC)cc1)OCC. The molecule has 0 amide bonds. The maximum atomic E-state index is 12.3. The summed E-state index contributed by atoms with van der Waals surface area (Å²) in [6, 6.07) is 7.63. The quantitative estimate of drug-likeness (QED) is 0.742. The molecule has 0 heterocycles. The van der Waals surface area contributed by atoms with Crippen molar-refractivity contribution in [3.05, 3.63) is 35.4 Å². The van der Waals surface area contributed by atoms with Gasteiger partial charge < -0.3 is 14.2 Å². The number of hydrogen-bond donors (Lipinski definition) is 1. The summed E-state index contributed by atoms with van der Waals surface area (Å²) in [7, 11) is -3.21. The molecule has 19 heavy (non-hydrogen) atoms. The van der Waals surface area contributed by atoms with Crippen molar-refractivity contribution in [2.24, 2.45) is 0 Å². The van der Waals surface area contributed by atoms with Gasteiger partial charge in [0.2, 0.25) is 0 Å². The van der Waals surface area contributed by atoms with E-state index in [-0.39, 0.29) is 6.16 Å². The van der Waals surface area contributed by atoms with E-state index in [0.29, 0.717) is 13.2 Å². The van der Waals surface area contributed by atoms with Crippen LogP contribution in [0.5, 0.6) is 0 Å². The molecule has 0 saturated heterocycles. The summed E-state index contributed by atoms with van der Waals surface area (Å²) in [6.45, 7) is 6.20. The van der Waals surface area contributed by atoms with Crippen molar-refractivity contribution < 1.29 is 18.7 Å². The van der Waals surface area contributed by atoms with Gasteiger partial charge in [-0.1, -0.05) is 31.2 Å². The van der Waals surface area contributed by atoms with Crippen molar-refractivity contribution in [3.8, 4) is 0 Å². The van der Waals surface area contributed by atoms with Gasteiger partial charge in [0, 0.05) is 0 Å². The highest BCUT2D eigenvalue weighted by atomic mass is 31.2. The Morgan fingerprint density at radius 2 is 1.63 bits per heavy atom. The molecule has 1 rings (SSSR count). The first-order valence-electron chi connectivity index (χ1n) is 6.69. The maximum absolute atomic E-state index is 12.3. The lowest BCUT2D eigenvalue weighted by atomic mass is 10.1. The Bertz CT molecular complexity index is 406. The molecule has 108 valence electrons. The van der Waals surface area contributed by atoms with Gasteiger partial charge in [-0.15, -0.1) is 0 Å². The highest BCUT2D eigenvalue weighted by Gasteiger charge is 2.28. The third-order valence-electron chi connectivity index (χ3n) is 2.82. The molecule has 0 saturated carbocycles. The van der Waals surface area contributed by atoms with Crippen LogP contribution in [-0.4, -0.2) is 24.5 Å². The van der Waals surface area contributed by atoms with Crippen LogP contribution in [0.15, 0.2) is 24.3 Å². The Morgan fingerprint density at radius 1 is 1.11 bits per heavy atom. The van der Waals surface area contributed by atoms with Crippen molar-refractivity contribution >= 4 is 7.60 Å². The number of hydrogen-bond acceptors (Lipinski definition) is 4. The maximum Gasteiger partial charge on any atom is 0.333 e. The molecule has 1 aromatic rings. The molecule has 0 radical (unpaired) electrons. The lowest BCUT2D eigenvalue weighted by molar-refractivity contribution is 0.170. The second kappa shape index (κ2) is 7.81. The average Bonchev–Trinajstić information content (AvgIpc) is 2.39. The smallest absolute Gasteiger partial charge is 0.333 e. The Balaban J connectivity index is 2.75. The van der Waals surface area contributed by atoms with Crippen LogP contribution in [0.25, 0.3) is 0 Å². The minimum absolute atomic E-state index is 0.0137. The van der Waals surface area contributed by atoms with Gasteiger partial charge in [0.1, 0.15) is 0 Å². The van der Waals surface area contributed by atoms with Gasteiger partial charge in [0.05, 0.1) is 25.5 Å². The van der Waals surface area contributed by atoms with E-state index < -0.39 is 13.7 Å². The van der Waals surface area contributed by atoms with E-state index in [1.807, 2.05) is 24.3 Å². The summed E-state index contributed by atoms with van der Waals surface area (Å²) in [5.74, 6) is 0. The summed E-state index contributed by atoms with van der Waals surface area (Å²) < 4.78 is 22.7. The summed E-state index contributed by atoms with van der Waals surface area (Å²) in [5, 5.41) is 10.1. The van der Waals surface area contributed by atoms with E-state index in [1.54, 1.807) is 13.8 Å². The lowest BCUT2D eigenvalue weighted by Gasteiger charge is -2.20. The van der Waals surface area contributed by atoms with Crippen LogP contribution in [0.3, 0.4) is 0 Å². The molecule has 1 aromatic carbocycles. The molecule has 0 fully saturated rings. The van der Waals surface area contributed by atoms with E-state index in [0.717, 1.165) is 12.0 Å². The molecule has 5 heteroatoms. The number of aryl methyl sites for hydroxylation is 1. The second-order valence-electron chi connectivity index (χ2n) is 4.24. The number of aliphatic hydroxyl groups excluding tert-OH is 1. The highest BCUT2D eigenvalue weighted by molar-refractivity contribution is 7.53. The van der Waals surface area contributed by atoms with Crippen LogP contribution in [0.1, 0.15) is 38.0 Å². The molecule has 0 aliphatic carbocycles.